The molecule has 0 amide bonds. The first kappa shape index (κ1) is 9.61. The van der Waals surface area contributed by atoms with Crippen LogP contribution in [0.2, 0.25) is 0 Å². The molecule has 0 radical (unpaired) electrons. The monoisotopic (exact) mass is 257 g/mol. The molecule has 0 fully saturated rings. The van der Waals surface area contributed by atoms with Gasteiger partial charge in [-0.1, -0.05) is 0 Å². The third-order valence-electron chi connectivity index (χ3n) is 1.97. The molecule has 1 heterocycles. The highest BCUT2D eigenvalue weighted by Crippen LogP contribution is 2.22. The van der Waals surface area contributed by atoms with Gasteiger partial charge in [-0.25, -0.2) is 9.37 Å². The van der Waals surface area contributed by atoms with Crippen molar-refractivity contribution in [1.29, 1.82) is 0 Å². The number of halogens is 2. The van der Waals surface area contributed by atoms with E-state index in [2.05, 4.69) is 25.9 Å². The number of rotatable bonds is 1. The number of hydrogen-bond acceptors (Lipinski definition) is 2. The van der Waals surface area contributed by atoms with E-state index in [1.165, 1.54) is 6.07 Å². The van der Waals surface area contributed by atoms with Gasteiger partial charge in [0.05, 0.1) is 21.5 Å². The number of aromatic amines is 1. The minimum absolute atomic E-state index is 0.177. The second-order valence-corrected chi connectivity index (χ2v) is 4.05. The smallest absolute Gasteiger partial charge is 0.139 e. The van der Waals surface area contributed by atoms with Crippen molar-refractivity contribution in [3.63, 3.8) is 0 Å². The molecule has 0 spiro atoms. The molecule has 0 bridgehead atoms. The molecular formula is C9H9BrFN3. The summed E-state index contributed by atoms with van der Waals surface area (Å²) in [6, 6.07) is 2.86. The number of benzene rings is 1. The fourth-order valence-electron chi connectivity index (χ4n) is 1.24. The summed E-state index contributed by atoms with van der Waals surface area (Å²) < 4.78 is 13.5. The van der Waals surface area contributed by atoms with Gasteiger partial charge in [0.1, 0.15) is 11.6 Å². The number of H-pyrrole nitrogens is 1. The second kappa shape index (κ2) is 3.33. The summed E-state index contributed by atoms with van der Waals surface area (Å²) >= 11 is 3.10. The lowest BCUT2D eigenvalue weighted by Crippen LogP contribution is -2.06. The fourth-order valence-corrected chi connectivity index (χ4v) is 1.57. The zero-order valence-electron chi connectivity index (χ0n) is 7.51. The first-order valence-electron chi connectivity index (χ1n) is 4.18. The summed E-state index contributed by atoms with van der Waals surface area (Å²) in [7, 11) is 0. The summed E-state index contributed by atoms with van der Waals surface area (Å²) in [6.45, 7) is 1.82. The summed E-state index contributed by atoms with van der Waals surface area (Å²) in [5.41, 5.74) is 7.03. The molecule has 0 aliphatic carbocycles. The molecule has 0 unspecified atom stereocenters. The Morgan fingerprint density at radius 1 is 1.57 bits per heavy atom. The van der Waals surface area contributed by atoms with Crippen LogP contribution in [0.15, 0.2) is 16.6 Å². The molecule has 0 saturated carbocycles. The highest BCUT2D eigenvalue weighted by atomic mass is 79.9. The Hall–Kier alpha value is -0.940. The molecule has 74 valence electrons. The van der Waals surface area contributed by atoms with Crippen LogP contribution in [-0.2, 0) is 0 Å². The van der Waals surface area contributed by atoms with E-state index in [9.17, 15) is 4.39 Å². The van der Waals surface area contributed by atoms with Crippen LogP contribution in [0.3, 0.4) is 0 Å². The van der Waals surface area contributed by atoms with Crippen LogP contribution in [0, 0.1) is 5.82 Å². The number of nitrogens with zero attached hydrogens (tertiary/aromatic N) is 1. The molecule has 3 nitrogen and oxygen atoms in total. The van der Waals surface area contributed by atoms with Gasteiger partial charge in [-0.3, -0.25) is 0 Å². The van der Waals surface area contributed by atoms with Gasteiger partial charge in [-0.2, -0.15) is 0 Å². The lowest BCUT2D eigenvalue weighted by molar-refractivity contribution is 0.623. The van der Waals surface area contributed by atoms with Crippen molar-refractivity contribution < 1.29 is 4.39 Å². The summed E-state index contributed by atoms with van der Waals surface area (Å²) in [4.78, 5) is 7.20. The summed E-state index contributed by atoms with van der Waals surface area (Å²) in [5, 5.41) is 0. The van der Waals surface area contributed by atoms with Gasteiger partial charge < -0.3 is 10.7 Å². The molecule has 1 aromatic heterocycles. The Morgan fingerprint density at radius 2 is 2.29 bits per heavy atom. The van der Waals surface area contributed by atoms with Crippen molar-refractivity contribution in [2.24, 2.45) is 5.73 Å². The molecule has 3 N–H and O–H groups in total. The van der Waals surface area contributed by atoms with E-state index in [0.717, 1.165) is 0 Å². The second-order valence-electron chi connectivity index (χ2n) is 3.19. The standard InChI is InChI=1S/C9H9BrFN3/c1-4(12)9-13-7-2-5(10)6(11)3-8(7)14-9/h2-4H,12H2,1H3,(H,13,14)/t4-/m1/s1. The molecule has 5 heteroatoms. The highest BCUT2D eigenvalue weighted by Gasteiger charge is 2.09. The van der Waals surface area contributed by atoms with Crippen LogP contribution in [0.5, 0.6) is 0 Å². The van der Waals surface area contributed by atoms with E-state index in [4.69, 9.17) is 5.73 Å². The third kappa shape index (κ3) is 1.53. The molecule has 0 aliphatic rings. The summed E-state index contributed by atoms with van der Waals surface area (Å²) in [6.07, 6.45) is 0. The van der Waals surface area contributed by atoms with Crippen LogP contribution in [-0.4, -0.2) is 9.97 Å². The molecule has 14 heavy (non-hydrogen) atoms. The predicted molar refractivity (Wildman–Crippen MR) is 56.4 cm³/mol. The number of imidazole rings is 1. The Kier molecular flexibility index (Phi) is 2.28. The molecule has 1 atom stereocenters. The average molecular weight is 258 g/mol. The molecular weight excluding hydrogens is 249 g/mol. The van der Waals surface area contributed by atoms with Crippen LogP contribution in [0.4, 0.5) is 4.39 Å². The SMILES string of the molecule is C[C@@H](N)c1nc2cc(Br)c(F)cc2[nH]1. The van der Waals surface area contributed by atoms with E-state index in [1.807, 2.05) is 6.92 Å². The van der Waals surface area contributed by atoms with E-state index >= 15 is 0 Å². The lowest BCUT2D eigenvalue weighted by atomic mass is 10.3. The zero-order chi connectivity index (χ0) is 10.3. The fraction of sp³-hybridized carbons (Fsp3) is 0.222. The van der Waals surface area contributed by atoms with Gasteiger partial charge in [-0.05, 0) is 28.9 Å². The maximum Gasteiger partial charge on any atom is 0.139 e. The van der Waals surface area contributed by atoms with Gasteiger partial charge in [0.15, 0.2) is 0 Å². The van der Waals surface area contributed by atoms with Crippen molar-refractivity contribution in [2.45, 2.75) is 13.0 Å². The Balaban J connectivity index is 2.66. The number of nitrogens with one attached hydrogen (secondary N) is 1. The maximum absolute atomic E-state index is 13.1. The third-order valence-corrected chi connectivity index (χ3v) is 2.58. The van der Waals surface area contributed by atoms with E-state index in [0.29, 0.717) is 21.3 Å². The van der Waals surface area contributed by atoms with Crippen LogP contribution < -0.4 is 5.73 Å². The van der Waals surface area contributed by atoms with Crippen molar-refractivity contribution >= 4 is 27.0 Å². The Labute approximate surface area is 88.6 Å². The zero-order valence-corrected chi connectivity index (χ0v) is 9.10. The molecule has 2 aromatic rings. The van der Waals surface area contributed by atoms with Gasteiger partial charge >= 0.3 is 0 Å². The van der Waals surface area contributed by atoms with Crippen molar-refractivity contribution in [2.75, 3.05) is 0 Å². The van der Waals surface area contributed by atoms with Crippen molar-refractivity contribution in [3.05, 3.63) is 28.2 Å². The van der Waals surface area contributed by atoms with E-state index < -0.39 is 0 Å². The number of nitrogens with two attached hydrogens (primary N) is 1. The largest absolute Gasteiger partial charge is 0.341 e. The highest BCUT2D eigenvalue weighted by molar-refractivity contribution is 9.10. The topological polar surface area (TPSA) is 54.7 Å². The van der Waals surface area contributed by atoms with E-state index in [-0.39, 0.29) is 11.9 Å². The lowest BCUT2D eigenvalue weighted by Gasteiger charge is -1.96. The van der Waals surface area contributed by atoms with Gasteiger partial charge in [0.25, 0.3) is 0 Å². The predicted octanol–water partition coefficient (Wildman–Crippen LogP) is 2.48. The maximum atomic E-state index is 13.1. The average Bonchev–Trinajstić information content (AvgIpc) is 2.48. The molecule has 2 rings (SSSR count). The first-order valence-corrected chi connectivity index (χ1v) is 4.97. The quantitative estimate of drug-likeness (QED) is 0.825. The minimum Gasteiger partial charge on any atom is -0.341 e. The van der Waals surface area contributed by atoms with Crippen LogP contribution >= 0.6 is 15.9 Å². The number of fused-ring (bicyclic) bond motifs is 1. The summed E-state index contributed by atoms with van der Waals surface area (Å²) in [5.74, 6) is 0.356. The van der Waals surface area contributed by atoms with Gasteiger partial charge in [-0.15, -0.1) is 0 Å². The normalized spacial score (nSPS) is 13.4. The van der Waals surface area contributed by atoms with Crippen LogP contribution in [0.25, 0.3) is 11.0 Å². The number of aromatic nitrogens is 2. The molecule has 1 aromatic carbocycles. The van der Waals surface area contributed by atoms with E-state index in [1.54, 1.807) is 6.07 Å². The first-order chi connectivity index (χ1) is 6.58. The van der Waals surface area contributed by atoms with Gasteiger partial charge in [0.2, 0.25) is 0 Å². The minimum atomic E-state index is -0.308. The van der Waals surface area contributed by atoms with Crippen molar-refractivity contribution in [3.8, 4) is 0 Å². The molecule has 0 aliphatic heterocycles. The number of hydrogen-bond donors (Lipinski definition) is 2. The van der Waals surface area contributed by atoms with Gasteiger partial charge in [0, 0.05) is 6.07 Å². The Morgan fingerprint density at radius 3 is 2.93 bits per heavy atom. The van der Waals surface area contributed by atoms with Crippen LogP contribution in [0.1, 0.15) is 18.8 Å². The Bertz CT molecular complexity index is 439. The van der Waals surface area contributed by atoms with Crippen molar-refractivity contribution in [1.82, 2.24) is 9.97 Å². The molecule has 0 saturated heterocycles.